The summed E-state index contributed by atoms with van der Waals surface area (Å²) in [6.07, 6.45) is 3.62. The Morgan fingerprint density at radius 1 is 0.700 bits per heavy atom. The minimum absolute atomic E-state index is 0.0579. The summed E-state index contributed by atoms with van der Waals surface area (Å²) >= 11 is 0. The number of nitrogens with zero attached hydrogens (tertiary/aromatic N) is 5. The van der Waals surface area contributed by atoms with E-state index >= 15 is 0 Å². The lowest BCUT2D eigenvalue weighted by molar-refractivity contribution is -0.149. The SMILES string of the molecule is C=C(C)c1cccc(C(C)(C)OC#N)c1.[C-]#[N+]/C(=C\c1ccc(N2CCS(=O)(=O)CC2)cc1)C(=O)NCC(C)O.[C-]#[N+]/C(=C\c1ccc(N2CCS(=O)(=O)CC2)cc1)C(=O)NCC(C)OC(=O)CC(C)(C)c1cccc(C(=C)C)c1. The van der Waals surface area contributed by atoms with Gasteiger partial charge in [0, 0.05) is 49.5 Å². The van der Waals surface area contributed by atoms with Crippen LogP contribution < -0.4 is 20.4 Å². The number of sulfone groups is 2. The average Bonchev–Trinajstić information content (AvgIpc) is 3.41. The Balaban J connectivity index is 0.000000291. The summed E-state index contributed by atoms with van der Waals surface area (Å²) in [6, 6.07) is 30.4. The summed E-state index contributed by atoms with van der Waals surface area (Å²) in [5.41, 5.74) is 8.03. The number of anilines is 2. The van der Waals surface area contributed by atoms with E-state index in [0.717, 1.165) is 44.8 Å². The van der Waals surface area contributed by atoms with Crippen LogP contribution in [0.3, 0.4) is 0 Å². The third-order valence-corrected chi connectivity index (χ3v) is 16.3. The second-order valence-corrected chi connectivity index (χ2v) is 25.4. The summed E-state index contributed by atoms with van der Waals surface area (Å²) in [6.45, 7) is 39.2. The summed E-state index contributed by atoms with van der Waals surface area (Å²) in [4.78, 5) is 47.8. The molecule has 2 atom stereocenters. The van der Waals surface area contributed by atoms with Gasteiger partial charge in [-0.1, -0.05) is 105 Å². The summed E-state index contributed by atoms with van der Waals surface area (Å²) < 4.78 is 56.8. The number of nitrogens with one attached hydrogen (secondary N) is 2. The van der Waals surface area contributed by atoms with Gasteiger partial charge in [0.15, 0.2) is 19.7 Å². The summed E-state index contributed by atoms with van der Waals surface area (Å²) in [5, 5.41) is 22.9. The zero-order chi connectivity index (χ0) is 59.4. The maximum atomic E-state index is 12.7. The molecule has 2 amide bonds. The molecule has 0 radical (unpaired) electrons. The quantitative estimate of drug-likeness (QED) is 0.0368. The molecule has 0 spiro atoms. The number of benzene rings is 4. The van der Waals surface area contributed by atoms with Gasteiger partial charge < -0.3 is 35.0 Å². The Bertz CT molecular complexity index is 3260. The van der Waals surface area contributed by atoms with Crippen LogP contribution in [0.4, 0.5) is 11.4 Å². The first-order valence-electron chi connectivity index (χ1n) is 25.9. The Kier molecular flexibility index (Phi) is 23.6. The molecule has 0 saturated carbocycles. The number of aliphatic hydroxyl groups excluding tert-OH is 1. The lowest BCUT2D eigenvalue weighted by atomic mass is 9.80. The monoisotopic (exact) mass is 1130 g/mol. The number of esters is 1. The molecule has 4 aromatic carbocycles. The predicted molar refractivity (Wildman–Crippen MR) is 317 cm³/mol. The third kappa shape index (κ3) is 20.7. The highest BCUT2D eigenvalue weighted by atomic mass is 32.2. The molecular formula is C61H73N7O10S2. The topological polar surface area (TPSA) is 221 Å². The number of hydrogen-bond donors (Lipinski definition) is 3. The summed E-state index contributed by atoms with van der Waals surface area (Å²) in [7, 11) is -5.88. The van der Waals surface area contributed by atoms with Crippen molar-refractivity contribution in [2.75, 3.05) is 72.1 Å². The Labute approximate surface area is 472 Å². The van der Waals surface area contributed by atoms with Crippen LogP contribution in [-0.4, -0.2) is 114 Å². The minimum Gasteiger partial charge on any atom is -0.461 e. The number of ether oxygens (including phenoxy) is 2. The molecule has 2 aliphatic rings. The van der Waals surface area contributed by atoms with E-state index in [4.69, 9.17) is 27.9 Å². The highest BCUT2D eigenvalue weighted by molar-refractivity contribution is 7.91. The van der Waals surface area contributed by atoms with E-state index in [0.29, 0.717) is 37.3 Å². The molecule has 6 rings (SSSR count). The van der Waals surface area contributed by atoms with Gasteiger partial charge in [-0.2, -0.15) is 5.26 Å². The highest BCUT2D eigenvalue weighted by Crippen LogP contribution is 2.30. The standard InChI is InChI=1S/C31H37N3O5S.C17H21N3O4S.C13H15NO/c1-22(2)25-8-7-9-26(19-25)31(4,5)20-29(35)39-23(3)21-33-30(36)28(32-6)18-24-10-12-27(13-11-24)34-14-16-40(37,38)17-15-34;1-13(21)12-19-17(22)16(18-2)11-14-3-5-15(6-4-14)20-7-9-25(23,24)10-8-20;1-10(2)11-6-5-7-12(8-11)13(3,4)15-9-14/h7-13,18-19,23H,1,14-17,20-21H2,2-5H3,(H,33,36);3-6,11,13,21H,7-10,12H2,1H3,(H,19,22);5-8H,1H2,2-4H3/b28-18-;16-11-;. The van der Waals surface area contributed by atoms with Gasteiger partial charge in [-0.15, -0.1) is 0 Å². The van der Waals surface area contributed by atoms with Crippen LogP contribution in [0.2, 0.25) is 0 Å². The van der Waals surface area contributed by atoms with Gasteiger partial charge in [0.05, 0.1) is 55.2 Å². The van der Waals surface area contributed by atoms with E-state index in [-0.39, 0.29) is 59.9 Å². The van der Waals surface area contributed by atoms with Crippen molar-refractivity contribution < 1.29 is 45.8 Å². The van der Waals surface area contributed by atoms with Crippen molar-refractivity contribution in [3.8, 4) is 6.26 Å². The number of allylic oxidation sites excluding steroid dienone is 2. The van der Waals surface area contributed by atoms with Crippen molar-refractivity contribution in [1.82, 2.24) is 10.6 Å². The van der Waals surface area contributed by atoms with Crippen LogP contribution in [0.5, 0.6) is 0 Å². The first kappa shape index (κ1) is 64.5. The van der Waals surface area contributed by atoms with Gasteiger partial charge in [0.2, 0.25) is 11.8 Å². The molecule has 0 aliphatic carbocycles. The fourth-order valence-corrected chi connectivity index (χ4v) is 10.5. The van der Waals surface area contributed by atoms with Crippen LogP contribution in [-0.2, 0) is 54.5 Å². The lowest BCUT2D eigenvalue weighted by Crippen LogP contribution is -2.40. The summed E-state index contributed by atoms with van der Waals surface area (Å²) in [5.74, 6) is -0.891. The Morgan fingerprint density at radius 2 is 1.10 bits per heavy atom. The third-order valence-electron chi connectivity index (χ3n) is 13.0. The van der Waals surface area contributed by atoms with E-state index in [2.05, 4.69) is 33.5 Å². The molecule has 2 fully saturated rings. The number of carbonyl (C=O) groups is 3. The molecule has 0 aromatic heterocycles. The van der Waals surface area contributed by atoms with Crippen molar-refractivity contribution in [2.24, 2.45) is 0 Å². The van der Waals surface area contributed by atoms with Crippen LogP contribution in [0.25, 0.3) is 33.0 Å². The first-order chi connectivity index (χ1) is 37.6. The number of aliphatic hydroxyl groups is 1. The Morgan fingerprint density at radius 3 is 1.49 bits per heavy atom. The van der Waals surface area contributed by atoms with Gasteiger partial charge >= 0.3 is 5.97 Å². The van der Waals surface area contributed by atoms with E-state index in [1.807, 2.05) is 124 Å². The van der Waals surface area contributed by atoms with Crippen molar-refractivity contribution in [3.05, 3.63) is 178 Å². The largest absolute Gasteiger partial charge is 0.461 e. The maximum Gasteiger partial charge on any atom is 0.306 e. The van der Waals surface area contributed by atoms with Crippen LogP contribution in [0.1, 0.15) is 95.2 Å². The maximum absolute atomic E-state index is 12.7. The smallest absolute Gasteiger partial charge is 0.306 e. The van der Waals surface area contributed by atoms with Crippen molar-refractivity contribution in [2.45, 2.75) is 85.0 Å². The van der Waals surface area contributed by atoms with Crippen LogP contribution >= 0.6 is 0 Å². The predicted octanol–water partition coefficient (Wildman–Crippen LogP) is 8.76. The Hall–Kier alpha value is -8.02. The molecule has 2 aliphatic heterocycles. The molecule has 0 bridgehead atoms. The van der Waals surface area contributed by atoms with Gasteiger partial charge in [0.1, 0.15) is 11.7 Å². The number of amides is 2. The fourth-order valence-electron chi connectivity index (χ4n) is 8.08. The van der Waals surface area contributed by atoms with Crippen molar-refractivity contribution >= 4 is 72.1 Å². The minimum atomic E-state index is -2.96. The van der Waals surface area contributed by atoms with E-state index in [1.165, 1.54) is 12.2 Å². The van der Waals surface area contributed by atoms with Crippen LogP contribution in [0, 0.1) is 24.7 Å². The number of carbonyl (C=O) groups excluding carboxylic acids is 3. The van der Waals surface area contributed by atoms with Crippen molar-refractivity contribution in [1.29, 1.82) is 5.26 Å². The number of nitriles is 1. The van der Waals surface area contributed by atoms with Gasteiger partial charge in [-0.05, 0) is 117 Å². The van der Waals surface area contributed by atoms with Crippen molar-refractivity contribution in [3.63, 3.8) is 0 Å². The van der Waals surface area contributed by atoms with E-state index < -0.39 is 54.7 Å². The molecule has 19 heteroatoms. The van der Waals surface area contributed by atoms with Gasteiger partial charge in [-0.3, -0.25) is 14.4 Å². The molecule has 2 saturated heterocycles. The molecule has 3 N–H and O–H groups in total. The first-order valence-corrected chi connectivity index (χ1v) is 29.5. The normalized spacial score (nSPS) is 15.7. The zero-order valence-corrected chi connectivity index (χ0v) is 48.5. The molecule has 17 nitrogen and oxygen atoms in total. The van der Waals surface area contributed by atoms with Gasteiger partial charge in [0.25, 0.3) is 17.6 Å². The van der Waals surface area contributed by atoms with Gasteiger partial charge in [-0.25, -0.2) is 26.5 Å². The van der Waals surface area contributed by atoms with E-state index in [9.17, 15) is 36.3 Å². The average molecular weight is 1130 g/mol. The number of rotatable bonds is 18. The fraction of sp³-hybridized carbons (Fsp3) is 0.377. The molecule has 424 valence electrons. The molecule has 2 unspecified atom stereocenters. The molecular weight excluding hydrogens is 1050 g/mol. The molecule has 80 heavy (non-hydrogen) atoms. The zero-order valence-electron chi connectivity index (χ0n) is 46.9. The number of hydrogen-bond acceptors (Lipinski definition) is 13. The lowest BCUT2D eigenvalue weighted by Gasteiger charge is -2.28. The molecule has 2 heterocycles. The highest BCUT2D eigenvalue weighted by Gasteiger charge is 2.28. The van der Waals surface area contributed by atoms with Crippen LogP contribution in [0.15, 0.2) is 122 Å². The second kappa shape index (κ2) is 29.3. The molecule has 4 aromatic rings. The second-order valence-electron chi connectivity index (χ2n) is 20.8. The van der Waals surface area contributed by atoms with E-state index in [1.54, 1.807) is 44.4 Å².